The van der Waals surface area contributed by atoms with Crippen molar-refractivity contribution >= 4 is 15.9 Å². The number of pyridine rings is 1. The van der Waals surface area contributed by atoms with Crippen LogP contribution in [0.4, 0.5) is 0 Å². The third-order valence-electron chi connectivity index (χ3n) is 2.88. The van der Waals surface area contributed by atoms with Gasteiger partial charge in [0.25, 0.3) is 0 Å². The number of hydrogen-bond acceptors (Lipinski definition) is 3. The number of aromatic nitrogens is 1. The summed E-state index contributed by atoms with van der Waals surface area (Å²) in [6.07, 6.45) is 2.39. The Morgan fingerprint density at radius 1 is 1.26 bits per heavy atom. The van der Waals surface area contributed by atoms with Crippen LogP contribution in [-0.2, 0) is 12.8 Å². The molecule has 19 heavy (non-hydrogen) atoms. The van der Waals surface area contributed by atoms with Crippen molar-refractivity contribution in [3.63, 3.8) is 0 Å². The number of aliphatic hydroxyl groups excluding tert-OH is 1. The first-order chi connectivity index (χ1) is 9.19. The van der Waals surface area contributed by atoms with Gasteiger partial charge in [0.05, 0.1) is 13.2 Å². The second kappa shape index (κ2) is 6.68. The van der Waals surface area contributed by atoms with Crippen LogP contribution in [-0.4, -0.2) is 23.3 Å². The zero-order chi connectivity index (χ0) is 13.7. The van der Waals surface area contributed by atoms with Crippen molar-refractivity contribution in [3.05, 3.63) is 58.3 Å². The highest BCUT2D eigenvalue weighted by Gasteiger charge is 2.11. The van der Waals surface area contributed by atoms with Crippen LogP contribution in [0.5, 0.6) is 5.75 Å². The summed E-state index contributed by atoms with van der Waals surface area (Å²) in [4.78, 5) is 4.22. The third-order valence-corrected chi connectivity index (χ3v) is 3.65. The Kier molecular flexibility index (Phi) is 4.93. The molecular formula is C15H16BrNO2. The van der Waals surface area contributed by atoms with Gasteiger partial charge in [0.1, 0.15) is 5.75 Å². The molecule has 3 nitrogen and oxygen atoms in total. The fraction of sp³-hybridized carbons (Fsp3) is 0.267. The molecule has 1 aromatic carbocycles. The summed E-state index contributed by atoms with van der Waals surface area (Å²) >= 11 is 3.49. The lowest BCUT2D eigenvalue weighted by atomic mass is 10.0. The Labute approximate surface area is 121 Å². The van der Waals surface area contributed by atoms with E-state index in [1.165, 1.54) is 0 Å². The Morgan fingerprint density at radius 3 is 2.79 bits per heavy atom. The molecule has 0 bridgehead atoms. The van der Waals surface area contributed by atoms with Crippen molar-refractivity contribution in [2.24, 2.45) is 0 Å². The molecule has 0 aliphatic heterocycles. The zero-order valence-corrected chi connectivity index (χ0v) is 12.3. The average Bonchev–Trinajstić information content (AvgIpc) is 2.42. The quantitative estimate of drug-likeness (QED) is 0.920. The van der Waals surface area contributed by atoms with Crippen molar-refractivity contribution in [2.75, 3.05) is 7.11 Å². The monoisotopic (exact) mass is 321 g/mol. The molecule has 1 unspecified atom stereocenters. The van der Waals surface area contributed by atoms with Crippen LogP contribution in [0, 0.1) is 0 Å². The molecule has 1 N–H and O–H groups in total. The fourth-order valence-electron chi connectivity index (χ4n) is 1.92. The maximum atomic E-state index is 10.1. The first-order valence-corrected chi connectivity index (χ1v) is 6.88. The summed E-state index contributed by atoms with van der Waals surface area (Å²) in [5.74, 6) is 0.795. The van der Waals surface area contributed by atoms with Crippen LogP contribution >= 0.6 is 15.9 Å². The average molecular weight is 322 g/mol. The smallest absolute Gasteiger partial charge is 0.119 e. The van der Waals surface area contributed by atoms with Gasteiger partial charge in [0.2, 0.25) is 0 Å². The topological polar surface area (TPSA) is 42.4 Å². The number of halogens is 1. The van der Waals surface area contributed by atoms with Crippen LogP contribution in [0.1, 0.15) is 11.3 Å². The number of benzene rings is 1. The maximum Gasteiger partial charge on any atom is 0.119 e. The number of rotatable bonds is 5. The number of methoxy groups -OCH3 is 1. The molecule has 0 spiro atoms. The predicted octanol–water partition coefficient (Wildman–Crippen LogP) is 3.00. The minimum absolute atomic E-state index is 0.460. The lowest BCUT2D eigenvalue weighted by molar-refractivity contribution is 0.174. The molecule has 2 aromatic rings. The SMILES string of the molecule is COc1ccc(Br)c(CC(O)Cc2ccccn2)c1. The van der Waals surface area contributed by atoms with Gasteiger partial charge in [-0.15, -0.1) is 0 Å². The molecule has 100 valence electrons. The highest BCUT2D eigenvalue weighted by Crippen LogP contribution is 2.24. The zero-order valence-electron chi connectivity index (χ0n) is 10.7. The van der Waals surface area contributed by atoms with E-state index in [2.05, 4.69) is 20.9 Å². The van der Waals surface area contributed by atoms with Gasteiger partial charge >= 0.3 is 0 Å². The van der Waals surface area contributed by atoms with Crippen LogP contribution in [0.3, 0.4) is 0 Å². The molecule has 0 aliphatic carbocycles. The van der Waals surface area contributed by atoms with Gasteiger partial charge in [-0.1, -0.05) is 22.0 Å². The van der Waals surface area contributed by atoms with Crippen molar-refractivity contribution in [1.29, 1.82) is 0 Å². The molecule has 4 heteroatoms. The Hall–Kier alpha value is -1.39. The fourth-order valence-corrected chi connectivity index (χ4v) is 2.33. The molecule has 0 saturated carbocycles. The van der Waals surface area contributed by atoms with E-state index in [1.807, 2.05) is 36.4 Å². The molecule has 1 heterocycles. The van der Waals surface area contributed by atoms with Crippen LogP contribution in [0.2, 0.25) is 0 Å². The van der Waals surface area contributed by atoms with Crippen molar-refractivity contribution in [3.8, 4) is 5.75 Å². The summed E-state index contributed by atoms with van der Waals surface area (Å²) in [7, 11) is 1.64. The van der Waals surface area contributed by atoms with Gasteiger partial charge in [0.15, 0.2) is 0 Å². The minimum atomic E-state index is -0.460. The normalized spacial score (nSPS) is 12.2. The summed E-state index contributed by atoms with van der Waals surface area (Å²) in [5.41, 5.74) is 1.93. The molecule has 2 rings (SSSR count). The standard InChI is InChI=1S/C15H16BrNO2/c1-19-14-5-6-15(16)11(9-14)8-13(18)10-12-4-2-3-7-17-12/h2-7,9,13,18H,8,10H2,1H3. The highest BCUT2D eigenvalue weighted by atomic mass is 79.9. The molecule has 0 fully saturated rings. The Bertz CT molecular complexity index is 531. The lowest BCUT2D eigenvalue weighted by Gasteiger charge is -2.12. The first kappa shape index (κ1) is 14.0. The first-order valence-electron chi connectivity index (χ1n) is 6.09. The van der Waals surface area contributed by atoms with E-state index in [0.29, 0.717) is 12.8 Å². The maximum absolute atomic E-state index is 10.1. The third kappa shape index (κ3) is 4.04. The summed E-state index contributed by atoms with van der Waals surface area (Å²) in [6, 6.07) is 11.5. The van der Waals surface area contributed by atoms with Crippen molar-refractivity contribution in [2.45, 2.75) is 18.9 Å². The molecule has 0 amide bonds. The molecule has 0 aliphatic rings. The molecule has 0 radical (unpaired) electrons. The number of nitrogens with zero attached hydrogens (tertiary/aromatic N) is 1. The summed E-state index contributed by atoms with van der Waals surface area (Å²) < 4.78 is 6.17. The van der Waals surface area contributed by atoms with E-state index in [-0.39, 0.29) is 0 Å². The molecular weight excluding hydrogens is 306 g/mol. The van der Waals surface area contributed by atoms with E-state index >= 15 is 0 Å². The van der Waals surface area contributed by atoms with Crippen LogP contribution in [0.25, 0.3) is 0 Å². The Morgan fingerprint density at radius 2 is 2.11 bits per heavy atom. The number of ether oxygens (including phenoxy) is 1. The lowest BCUT2D eigenvalue weighted by Crippen LogP contribution is -2.15. The number of aliphatic hydroxyl groups is 1. The second-order valence-corrected chi connectivity index (χ2v) is 5.19. The summed E-state index contributed by atoms with van der Waals surface area (Å²) in [5, 5.41) is 10.1. The summed E-state index contributed by atoms with van der Waals surface area (Å²) in [6.45, 7) is 0. The van der Waals surface area contributed by atoms with E-state index in [4.69, 9.17) is 4.74 Å². The van der Waals surface area contributed by atoms with Gasteiger partial charge in [-0.2, -0.15) is 0 Å². The van der Waals surface area contributed by atoms with Crippen molar-refractivity contribution in [1.82, 2.24) is 4.98 Å². The molecule has 1 aromatic heterocycles. The minimum Gasteiger partial charge on any atom is -0.497 e. The molecule has 0 saturated heterocycles. The highest BCUT2D eigenvalue weighted by molar-refractivity contribution is 9.10. The largest absolute Gasteiger partial charge is 0.497 e. The van der Waals surface area contributed by atoms with Gasteiger partial charge in [-0.25, -0.2) is 0 Å². The number of hydrogen-bond donors (Lipinski definition) is 1. The van der Waals surface area contributed by atoms with Crippen LogP contribution < -0.4 is 4.74 Å². The van der Waals surface area contributed by atoms with Gasteiger partial charge in [0, 0.05) is 22.8 Å². The Balaban J connectivity index is 2.04. The van der Waals surface area contributed by atoms with E-state index in [1.54, 1.807) is 13.3 Å². The predicted molar refractivity (Wildman–Crippen MR) is 78.3 cm³/mol. The van der Waals surface area contributed by atoms with Gasteiger partial charge < -0.3 is 9.84 Å². The van der Waals surface area contributed by atoms with E-state index in [9.17, 15) is 5.11 Å². The van der Waals surface area contributed by atoms with Crippen molar-refractivity contribution < 1.29 is 9.84 Å². The van der Waals surface area contributed by atoms with E-state index < -0.39 is 6.10 Å². The van der Waals surface area contributed by atoms with Gasteiger partial charge in [-0.3, -0.25) is 4.98 Å². The second-order valence-electron chi connectivity index (χ2n) is 4.34. The van der Waals surface area contributed by atoms with Gasteiger partial charge in [-0.05, 0) is 42.3 Å². The van der Waals surface area contributed by atoms with Crippen LogP contribution in [0.15, 0.2) is 47.1 Å². The molecule has 1 atom stereocenters. The van der Waals surface area contributed by atoms with E-state index in [0.717, 1.165) is 21.5 Å².